The summed E-state index contributed by atoms with van der Waals surface area (Å²) in [7, 11) is 0. The number of halogens is 3. The lowest BCUT2D eigenvalue weighted by Crippen LogP contribution is -2.14. The zero-order chi connectivity index (χ0) is 22.8. The van der Waals surface area contributed by atoms with E-state index in [4.69, 9.17) is 44.0 Å². The van der Waals surface area contributed by atoms with Gasteiger partial charge in [-0.1, -0.05) is 34.8 Å². The van der Waals surface area contributed by atoms with Gasteiger partial charge in [-0.15, -0.1) is 0 Å². The fraction of sp³-hybridized carbons (Fsp3) is 0.190. The average Bonchev–Trinajstić information content (AvgIpc) is 3.44. The van der Waals surface area contributed by atoms with Crippen molar-refractivity contribution in [2.45, 2.75) is 27.1 Å². The molecule has 0 fully saturated rings. The molecule has 0 saturated carbocycles. The quantitative estimate of drug-likeness (QED) is 0.362. The van der Waals surface area contributed by atoms with Crippen LogP contribution in [0.2, 0.25) is 15.1 Å². The van der Waals surface area contributed by atoms with Gasteiger partial charge in [-0.3, -0.25) is 4.79 Å². The summed E-state index contributed by atoms with van der Waals surface area (Å²) in [6.45, 7) is 4.15. The highest BCUT2D eigenvalue weighted by molar-refractivity contribution is 6.35. The van der Waals surface area contributed by atoms with Crippen LogP contribution in [0.4, 0.5) is 5.69 Å². The molecule has 0 unspecified atom stereocenters. The second-order valence-corrected chi connectivity index (χ2v) is 8.25. The molecule has 32 heavy (non-hydrogen) atoms. The van der Waals surface area contributed by atoms with Crippen LogP contribution >= 0.6 is 34.8 Å². The number of amides is 1. The van der Waals surface area contributed by atoms with Crippen LogP contribution in [0.5, 0.6) is 5.75 Å². The molecule has 0 bridgehead atoms. The van der Waals surface area contributed by atoms with E-state index < -0.39 is 5.91 Å². The average molecular weight is 495 g/mol. The van der Waals surface area contributed by atoms with Gasteiger partial charge in [-0.2, -0.15) is 10.2 Å². The van der Waals surface area contributed by atoms with E-state index in [9.17, 15) is 4.79 Å². The molecular formula is C21H18Cl3N5O3. The van der Waals surface area contributed by atoms with Gasteiger partial charge in [-0.05, 0) is 44.2 Å². The predicted molar refractivity (Wildman–Crippen MR) is 122 cm³/mol. The number of rotatable bonds is 7. The van der Waals surface area contributed by atoms with Gasteiger partial charge in [0.1, 0.15) is 24.8 Å². The molecule has 4 aromatic rings. The monoisotopic (exact) mass is 493 g/mol. The highest BCUT2D eigenvalue weighted by Gasteiger charge is 2.18. The standard InChI is InChI=1S/C21H18Cl3N5O3/c1-12-20(13(2)29(27-12)11-28-9-15(23)8-25-28)26-21(30)19-6-4-16(32-19)10-31-18-5-3-14(22)7-17(18)24/h3-9H,10-11H2,1-2H3,(H,26,30). The lowest BCUT2D eigenvalue weighted by atomic mass is 10.3. The van der Waals surface area contributed by atoms with E-state index in [2.05, 4.69) is 15.5 Å². The second-order valence-electron chi connectivity index (χ2n) is 6.97. The summed E-state index contributed by atoms with van der Waals surface area (Å²) in [5, 5.41) is 12.9. The van der Waals surface area contributed by atoms with Gasteiger partial charge in [-0.25, -0.2) is 9.36 Å². The molecule has 0 spiro atoms. The minimum absolute atomic E-state index is 0.108. The van der Waals surface area contributed by atoms with Gasteiger partial charge in [0.15, 0.2) is 5.76 Å². The molecule has 8 nitrogen and oxygen atoms in total. The van der Waals surface area contributed by atoms with Gasteiger partial charge in [0.25, 0.3) is 5.91 Å². The third-order valence-electron chi connectivity index (χ3n) is 4.65. The predicted octanol–water partition coefficient (Wildman–Crippen LogP) is 5.59. The van der Waals surface area contributed by atoms with Crippen molar-refractivity contribution in [3.05, 3.63) is 80.7 Å². The van der Waals surface area contributed by atoms with Crippen LogP contribution in [0.15, 0.2) is 47.1 Å². The van der Waals surface area contributed by atoms with Crippen LogP contribution in [0, 0.1) is 13.8 Å². The Morgan fingerprint density at radius 3 is 2.69 bits per heavy atom. The normalized spacial score (nSPS) is 11.0. The summed E-state index contributed by atoms with van der Waals surface area (Å²) in [5.41, 5.74) is 2.05. The number of ether oxygens (including phenoxy) is 1. The van der Waals surface area contributed by atoms with Crippen molar-refractivity contribution in [3.8, 4) is 5.75 Å². The van der Waals surface area contributed by atoms with Gasteiger partial charge in [0.05, 0.1) is 33.3 Å². The van der Waals surface area contributed by atoms with Crippen molar-refractivity contribution < 1.29 is 13.9 Å². The Morgan fingerprint density at radius 2 is 1.97 bits per heavy atom. The third kappa shape index (κ3) is 4.93. The van der Waals surface area contributed by atoms with Crippen molar-refractivity contribution in [1.29, 1.82) is 0 Å². The molecule has 3 heterocycles. The number of anilines is 1. The first-order valence-corrected chi connectivity index (χ1v) is 10.6. The van der Waals surface area contributed by atoms with Crippen LogP contribution < -0.4 is 10.1 Å². The van der Waals surface area contributed by atoms with Gasteiger partial charge >= 0.3 is 0 Å². The topological polar surface area (TPSA) is 87.1 Å². The van der Waals surface area contributed by atoms with E-state index in [1.54, 1.807) is 52.1 Å². The van der Waals surface area contributed by atoms with E-state index in [1.807, 2.05) is 13.8 Å². The number of furan rings is 1. The Bertz CT molecular complexity index is 1280. The van der Waals surface area contributed by atoms with Gasteiger partial charge < -0.3 is 14.5 Å². The Morgan fingerprint density at radius 1 is 1.16 bits per heavy atom. The minimum Gasteiger partial charge on any atom is -0.484 e. The molecule has 4 rings (SSSR count). The molecule has 0 aliphatic rings. The maximum Gasteiger partial charge on any atom is 0.291 e. The first-order valence-electron chi connectivity index (χ1n) is 9.50. The number of aromatic nitrogens is 4. The van der Waals surface area contributed by atoms with E-state index in [-0.39, 0.29) is 12.4 Å². The molecule has 1 N–H and O–H groups in total. The molecule has 0 aliphatic carbocycles. The molecule has 3 aromatic heterocycles. The van der Waals surface area contributed by atoms with Gasteiger partial charge in [0.2, 0.25) is 0 Å². The van der Waals surface area contributed by atoms with Crippen molar-refractivity contribution in [2.75, 3.05) is 5.32 Å². The van der Waals surface area contributed by atoms with Crippen LogP contribution in [0.1, 0.15) is 27.7 Å². The number of nitrogens with zero attached hydrogens (tertiary/aromatic N) is 4. The Kier molecular flexibility index (Phi) is 6.45. The van der Waals surface area contributed by atoms with Crippen molar-refractivity contribution in [1.82, 2.24) is 19.6 Å². The highest BCUT2D eigenvalue weighted by Crippen LogP contribution is 2.28. The first-order chi connectivity index (χ1) is 15.3. The third-order valence-corrected chi connectivity index (χ3v) is 5.38. The summed E-state index contributed by atoms with van der Waals surface area (Å²) in [4.78, 5) is 12.7. The lowest BCUT2D eigenvalue weighted by Gasteiger charge is -2.07. The number of aryl methyl sites for hydroxylation is 1. The van der Waals surface area contributed by atoms with E-state index >= 15 is 0 Å². The van der Waals surface area contributed by atoms with E-state index in [0.717, 1.165) is 5.69 Å². The maximum atomic E-state index is 12.7. The Hall–Kier alpha value is -2.94. The largest absolute Gasteiger partial charge is 0.484 e. The number of hydrogen-bond acceptors (Lipinski definition) is 5. The Labute approximate surface area is 198 Å². The first kappa shape index (κ1) is 22.3. The summed E-state index contributed by atoms with van der Waals surface area (Å²) >= 11 is 17.9. The molecule has 0 atom stereocenters. The fourth-order valence-corrected chi connectivity index (χ4v) is 3.68. The summed E-state index contributed by atoms with van der Waals surface area (Å²) in [5.74, 6) is 0.696. The van der Waals surface area contributed by atoms with Crippen molar-refractivity contribution in [2.24, 2.45) is 0 Å². The zero-order valence-corrected chi connectivity index (χ0v) is 19.4. The second kappa shape index (κ2) is 9.28. The summed E-state index contributed by atoms with van der Waals surface area (Å²) in [6.07, 6.45) is 3.24. The van der Waals surface area contributed by atoms with E-state index in [0.29, 0.717) is 44.6 Å². The number of benzene rings is 1. The molecule has 1 amide bonds. The van der Waals surface area contributed by atoms with E-state index in [1.165, 1.54) is 0 Å². The van der Waals surface area contributed by atoms with Crippen LogP contribution in [-0.2, 0) is 13.3 Å². The SMILES string of the molecule is Cc1nn(Cn2cc(Cl)cn2)c(C)c1NC(=O)c1ccc(COc2ccc(Cl)cc2Cl)o1. The highest BCUT2D eigenvalue weighted by atomic mass is 35.5. The molecular weight excluding hydrogens is 477 g/mol. The van der Waals surface area contributed by atoms with Crippen molar-refractivity contribution >= 4 is 46.4 Å². The zero-order valence-electron chi connectivity index (χ0n) is 17.1. The van der Waals surface area contributed by atoms with Crippen LogP contribution in [-0.4, -0.2) is 25.5 Å². The van der Waals surface area contributed by atoms with Gasteiger partial charge in [0, 0.05) is 11.2 Å². The molecule has 166 valence electrons. The number of nitrogens with one attached hydrogen (secondary N) is 1. The Balaban J connectivity index is 1.41. The lowest BCUT2D eigenvalue weighted by molar-refractivity contribution is 0.0992. The fourth-order valence-electron chi connectivity index (χ4n) is 3.06. The van der Waals surface area contributed by atoms with Crippen LogP contribution in [0.25, 0.3) is 0 Å². The van der Waals surface area contributed by atoms with Crippen molar-refractivity contribution in [3.63, 3.8) is 0 Å². The van der Waals surface area contributed by atoms with Crippen LogP contribution in [0.3, 0.4) is 0 Å². The maximum absolute atomic E-state index is 12.7. The number of carbonyl (C=O) groups is 1. The molecule has 1 aromatic carbocycles. The summed E-state index contributed by atoms with van der Waals surface area (Å²) in [6, 6.07) is 8.18. The molecule has 11 heteroatoms. The number of hydrogen-bond donors (Lipinski definition) is 1. The molecule has 0 saturated heterocycles. The smallest absolute Gasteiger partial charge is 0.291 e. The molecule has 0 radical (unpaired) electrons. The number of carbonyl (C=O) groups excluding carboxylic acids is 1. The minimum atomic E-state index is -0.395. The molecule has 0 aliphatic heterocycles. The summed E-state index contributed by atoms with van der Waals surface area (Å²) < 4.78 is 14.6.